The number of carbonyl (C=O) groups is 1. The summed E-state index contributed by atoms with van der Waals surface area (Å²) in [4.78, 5) is 12.0. The Hall–Kier alpha value is -1.08. The minimum absolute atomic E-state index is 0.443. The van der Waals surface area contributed by atoms with Crippen LogP contribution in [0.3, 0.4) is 0 Å². The maximum absolute atomic E-state index is 11.8. The van der Waals surface area contributed by atoms with Crippen LogP contribution in [0.25, 0.3) is 0 Å². The Bertz CT molecular complexity index is 337. The Morgan fingerprint density at radius 1 is 1.56 bits per heavy atom. The Kier molecular flexibility index (Phi) is 4.31. The second-order valence-electron chi connectivity index (χ2n) is 3.15. The van der Waals surface area contributed by atoms with E-state index in [-0.39, 0.29) is 0 Å². The van der Waals surface area contributed by atoms with Crippen LogP contribution in [-0.4, -0.2) is 18.6 Å². The number of halogens is 3. The van der Waals surface area contributed by atoms with Crippen LogP contribution >= 0.6 is 11.3 Å². The van der Waals surface area contributed by atoms with Crippen molar-refractivity contribution in [2.45, 2.75) is 18.6 Å². The lowest BCUT2D eigenvalue weighted by Gasteiger charge is -2.11. The number of hydrogen-bond donors (Lipinski definition) is 2. The first kappa shape index (κ1) is 13.0. The predicted octanol–water partition coefficient (Wildman–Crippen LogP) is 1.82. The van der Waals surface area contributed by atoms with Gasteiger partial charge in [0.25, 0.3) is 0 Å². The Balaban J connectivity index is 2.36. The minimum atomic E-state index is -4.26. The zero-order valence-electron chi connectivity index (χ0n) is 8.25. The van der Waals surface area contributed by atoms with Crippen LogP contribution in [0.15, 0.2) is 17.5 Å². The molecule has 1 heterocycles. The third-order valence-corrected chi connectivity index (χ3v) is 2.80. The Morgan fingerprint density at radius 3 is 2.75 bits per heavy atom. The van der Waals surface area contributed by atoms with Gasteiger partial charge < -0.3 is 11.1 Å². The fourth-order valence-electron chi connectivity index (χ4n) is 1.03. The summed E-state index contributed by atoms with van der Waals surface area (Å²) in [6, 6.07) is 2.50. The van der Waals surface area contributed by atoms with Crippen molar-refractivity contribution < 1.29 is 18.0 Å². The van der Waals surface area contributed by atoms with E-state index in [1.807, 2.05) is 0 Å². The molecule has 0 saturated heterocycles. The van der Waals surface area contributed by atoms with Crippen molar-refractivity contribution in [3.05, 3.63) is 22.4 Å². The van der Waals surface area contributed by atoms with Gasteiger partial charge in [-0.3, -0.25) is 4.79 Å². The molecular weight excluding hydrogens is 241 g/mol. The summed E-state index contributed by atoms with van der Waals surface area (Å²) in [6.45, 7) is -0.443. The van der Waals surface area contributed by atoms with Crippen LogP contribution in [0.2, 0.25) is 0 Å². The molecule has 16 heavy (non-hydrogen) atoms. The lowest BCUT2D eigenvalue weighted by atomic mass is 10.2. The molecule has 1 rings (SSSR count). The second kappa shape index (κ2) is 5.31. The zero-order valence-corrected chi connectivity index (χ0v) is 9.07. The molecule has 3 N–H and O–H groups in total. The van der Waals surface area contributed by atoms with Crippen molar-refractivity contribution in [2.24, 2.45) is 5.73 Å². The van der Waals surface area contributed by atoms with Crippen molar-refractivity contribution >= 4 is 17.2 Å². The molecule has 1 amide bonds. The van der Waals surface area contributed by atoms with Gasteiger partial charge >= 0.3 is 6.18 Å². The largest absolute Gasteiger partial charge is 0.390 e. The molecule has 0 spiro atoms. The van der Waals surface area contributed by atoms with E-state index in [1.165, 1.54) is 11.3 Å². The molecule has 3 nitrogen and oxygen atoms in total. The van der Waals surface area contributed by atoms with E-state index in [9.17, 15) is 18.0 Å². The fourth-order valence-corrected chi connectivity index (χ4v) is 1.76. The van der Waals surface area contributed by atoms with E-state index in [2.05, 4.69) is 5.32 Å². The Labute approximate surface area is 94.4 Å². The van der Waals surface area contributed by atoms with E-state index in [1.54, 1.807) is 17.5 Å². The maximum atomic E-state index is 11.8. The van der Waals surface area contributed by atoms with E-state index < -0.39 is 31.1 Å². The summed E-state index contributed by atoms with van der Waals surface area (Å²) in [7, 11) is 0. The molecule has 90 valence electrons. The average molecular weight is 252 g/mol. The SMILES string of the molecule is NC(C(=O)NCCC(F)(F)F)c1cccs1. The number of hydrogen-bond acceptors (Lipinski definition) is 3. The molecule has 1 atom stereocenters. The number of nitrogens with one attached hydrogen (secondary N) is 1. The molecule has 1 aromatic rings. The van der Waals surface area contributed by atoms with Gasteiger partial charge in [0.1, 0.15) is 6.04 Å². The average Bonchev–Trinajstić information content (AvgIpc) is 2.67. The van der Waals surface area contributed by atoms with Crippen LogP contribution in [0.4, 0.5) is 13.2 Å². The van der Waals surface area contributed by atoms with Gasteiger partial charge in [-0.1, -0.05) is 6.07 Å². The predicted molar refractivity (Wildman–Crippen MR) is 54.9 cm³/mol. The van der Waals surface area contributed by atoms with Crippen molar-refractivity contribution in [3.63, 3.8) is 0 Å². The van der Waals surface area contributed by atoms with Crippen LogP contribution in [0, 0.1) is 0 Å². The third kappa shape index (κ3) is 4.19. The summed E-state index contributed by atoms with van der Waals surface area (Å²) in [5.41, 5.74) is 5.55. The molecule has 0 bridgehead atoms. The zero-order chi connectivity index (χ0) is 12.2. The second-order valence-corrected chi connectivity index (χ2v) is 4.13. The number of nitrogens with two attached hydrogens (primary N) is 1. The van der Waals surface area contributed by atoms with Gasteiger partial charge in [0, 0.05) is 11.4 Å². The molecule has 1 unspecified atom stereocenters. The molecule has 1 aromatic heterocycles. The van der Waals surface area contributed by atoms with E-state index in [0.717, 1.165) is 0 Å². The molecule has 0 aliphatic heterocycles. The monoisotopic (exact) mass is 252 g/mol. The van der Waals surface area contributed by atoms with Gasteiger partial charge in [-0.15, -0.1) is 11.3 Å². The van der Waals surface area contributed by atoms with Crippen LogP contribution in [0.5, 0.6) is 0 Å². The lowest BCUT2D eigenvalue weighted by Crippen LogP contribution is -2.35. The standard InChI is InChI=1S/C9H11F3N2OS/c10-9(11,12)3-4-14-8(15)7(13)6-2-1-5-16-6/h1-2,5,7H,3-4,13H2,(H,14,15). The van der Waals surface area contributed by atoms with Crippen LogP contribution < -0.4 is 11.1 Å². The van der Waals surface area contributed by atoms with Gasteiger partial charge in [-0.2, -0.15) is 13.2 Å². The van der Waals surface area contributed by atoms with E-state index in [0.29, 0.717) is 4.88 Å². The number of thiophene rings is 1. The van der Waals surface area contributed by atoms with Crippen LogP contribution in [-0.2, 0) is 4.79 Å². The summed E-state index contributed by atoms with van der Waals surface area (Å²) in [6.07, 6.45) is -5.31. The van der Waals surface area contributed by atoms with Gasteiger partial charge in [-0.25, -0.2) is 0 Å². The minimum Gasteiger partial charge on any atom is -0.354 e. The third-order valence-electron chi connectivity index (χ3n) is 1.84. The van der Waals surface area contributed by atoms with Gasteiger partial charge in [0.15, 0.2) is 0 Å². The first-order valence-corrected chi connectivity index (χ1v) is 5.41. The molecule has 0 radical (unpaired) electrons. The molecule has 0 fully saturated rings. The number of alkyl halides is 3. The summed E-state index contributed by atoms with van der Waals surface area (Å²) in [5, 5.41) is 3.90. The smallest absolute Gasteiger partial charge is 0.354 e. The topological polar surface area (TPSA) is 55.1 Å². The molecule has 0 aliphatic carbocycles. The molecular formula is C9H11F3N2OS. The first-order chi connectivity index (χ1) is 7.40. The summed E-state index contributed by atoms with van der Waals surface area (Å²) >= 11 is 1.29. The molecule has 0 saturated carbocycles. The number of rotatable bonds is 4. The number of carbonyl (C=O) groups excluding carboxylic acids is 1. The van der Waals surface area contributed by atoms with Gasteiger partial charge in [0.05, 0.1) is 6.42 Å². The van der Waals surface area contributed by atoms with Crippen molar-refractivity contribution in [1.29, 1.82) is 0 Å². The van der Waals surface area contributed by atoms with Crippen molar-refractivity contribution in [2.75, 3.05) is 6.54 Å². The molecule has 7 heteroatoms. The highest BCUT2D eigenvalue weighted by Gasteiger charge is 2.27. The van der Waals surface area contributed by atoms with E-state index in [4.69, 9.17) is 5.73 Å². The van der Waals surface area contributed by atoms with Crippen molar-refractivity contribution in [3.8, 4) is 0 Å². The van der Waals surface area contributed by atoms with E-state index >= 15 is 0 Å². The normalized spacial score (nSPS) is 13.5. The van der Waals surface area contributed by atoms with Crippen LogP contribution in [0.1, 0.15) is 17.3 Å². The fraction of sp³-hybridized carbons (Fsp3) is 0.444. The maximum Gasteiger partial charge on any atom is 0.390 e. The first-order valence-electron chi connectivity index (χ1n) is 4.53. The quantitative estimate of drug-likeness (QED) is 0.858. The summed E-state index contributed by atoms with van der Waals surface area (Å²) in [5.74, 6) is -0.591. The highest BCUT2D eigenvalue weighted by Crippen LogP contribution is 2.19. The lowest BCUT2D eigenvalue weighted by molar-refractivity contribution is -0.135. The van der Waals surface area contributed by atoms with Crippen molar-refractivity contribution in [1.82, 2.24) is 5.32 Å². The van der Waals surface area contributed by atoms with Gasteiger partial charge in [-0.05, 0) is 11.4 Å². The van der Waals surface area contributed by atoms with Gasteiger partial charge in [0.2, 0.25) is 5.91 Å². The summed E-state index contributed by atoms with van der Waals surface area (Å²) < 4.78 is 35.4. The number of amides is 1. The highest BCUT2D eigenvalue weighted by atomic mass is 32.1. The molecule has 0 aromatic carbocycles. The Morgan fingerprint density at radius 2 is 2.25 bits per heavy atom. The molecule has 0 aliphatic rings. The highest BCUT2D eigenvalue weighted by molar-refractivity contribution is 7.10.